The van der Waals surface area contributed by atoms with E-state index in [1.54, 1.807) is 6.26 Å². The zero-order valence-corrected chi connectivity index (χ0v) is 8.12. The van der Waals surface area contributed by atoms with Gasteiger partial charge in [-0.05, 0) is 38.1 Å². The van der Waals surface area contributed by atoms with E-state index in [1.807, 2.05) is 25.1 Å². The first-order chi connectivity index (χ1) is 6.81. The van der Waals surface area contributed by atoms with Gasteiger partial charge < -0.3 is 14.6 Å². The molecule has 2 aromatic rings. The molecular weight excluding hydrogens is 178 g/mol. The fourth-order valence-electron chi connectivity index (χ4n) is 1.46. The van der Waals surface area contributed by atoms with Gasteiger partial charge in [0.05, 0.1) is 6.26 Å². The van der Waals surface area contributed by atoms with Gasteiger partial charge in [-0.15, -0.1) is 0 Å². The third-order valence-corrected chi connectivity index (χ3v) is 2.12. The average Bonchev–Trinajstić information content (AvgIpc) is 2.74. The Hall–Kier alpha value is -1.48. The molecule has 0 unspecified atom stereocenters. The minimum Gasteiger partial charge on any atom is -0.461 e. The number of furan rings is 2. The van der Waals surface area contributed by atoms with Crippen LogP contribution in [0.1, 0.15) is 11.3 Å². The van der Waals surface area contributed by atoms with Gasteiger partial charge in [0.25, 0.3) is 0 Å². The molecule has 3 heteroatoms. The Morgan fingerprint density at radius 3 is 2.79 bits per heavy atom. The summed E-state index contributed by atoms with van der Waals surface area (Å²) in [6.45, 7) is 2.53. The van der Waals surface area contributed by atoms with Gasteiger partial charge in [0, 0.05) is 5.56 Å². The standard InChI is InChI=1S/C11H13NO2/c1-8-2-3-10(14-8)11-9(4-6-12)5-7-13-11/h2-3,5,7H,4,6,12H2,1H3. The average molecular weight is 191 g/mol. The maximum Gasteiger partial charge on any atom is 0.172 e. The second-order valence-corrected chi connectivity index (χ2v) is 3.22. The number of rotatable bonds is 3. The highest BCUT2D eigenvalue weighted by Crippen LogP contribution is 2.26. The normalized spacial score (nSPS) is 10.7. The smallest absolute Gasteiger partial charge is 0.172 e. The van der Waals surface area contributed by atoms with Crippen molar-refractivity contribution in [2.24, 2.45) is 5.73 Å². The van der Waals surface area contributed by atoms with E-state index in [2.05, 4.69) is 0 Å². The van der Waals surface area contributed by atoms with Crippen LogP contribution in [-0.4, -0.2) is 6.54 Å². The van der Waals surface area contributed by atoms with Crippen molar-refractivity contribution in [2.75, 3.05) is 6.54 Å². The van der Waals surface area contributed by atoms with Crippen molar-refractivity contribution in [2.45, 2.75) is 13.3 Å². The Labute approximate surface area is 82.5 Å². The van der Waals surface area contributed by atoms with E-state index in [9.17, 15) is 0 Å². The molecule has 2 heterocycles. The van der Waals surface area contributed by atoms with Crippen LogP contribution in [0.5, 0.6) is 0 Å². The Morgan fingerprint density at radius 2 is 2.14 bits per heavy atom. The van der Waals surface area contributed by atoms with Crippen LogP contribution in [0.4, 0.5) is 0 Å². The van der Waals surface area contributed by atoms with Crippen LogP contribution in [0.15, 0.2) is 33.3 Å². The molecular formula is C11H13NO2. The molecule has 2 N–H and O–H groups in total. The van der Waals surface area contributed by atoms with E-state index in [-0.39, 0.29) is 0 Å². The van der Waals surface area contributed by atoms with Gasteiger partial charge in [0.15, 0.2) is 11.5 Å². The first-order valence-corrected chi connectivity index (χ1v) is 4.64. The molecule has 0 fully saturated rings. The molecule has 0 radical (unpaired) electrons. The van der Waals surface area contributed by atoms with Gasteiger partial charge in [0.2, 0.25) is 0 Å². The van der Waals surface area contributed by atoms with Crippen molar-refractivity contribution in [1.82, 2.24) is 0 Å². The highest BCUT2D eigenvalue weighted by atomic mass is 16.4. The minimum atomic E-state index is 0.617. The fourth-order valence-corrected chi connectivity index (χ4v) is 1.46. The van der Waals surface area contributed by atoms with Crippen LogP contribution in [0.3, 0.4) is 0 Å². The summed E-state index contributed by atoms with van der Waals surface area (Å²) in [5, 5.41) is 0. The van der Waals surface area contributed by atoms with Crippen LogP contribution >= 0.6 is 0 Å². The summed E-state index contributed by atoms with van der Waals surface area (Å²) in [6, 6.07) is 5.76. The first kappa shape index (κ1) is 9.09. The molecule has 0 aliphatic heterocycles. The van der Waals surface area contributed by atoms with Gasteiger partial charge in [-0.25, -0.2) is 0 Å². The number of nitrogens with two attached hydrogens (primary N) is 1. The summed E-state index contributed by atoms with van der Waals surface area (Å²) in [5.41, 5.74) is 6.60. The third-order valence-electron chi connectivity index (χ3n) is 2.12. The quantitative estimate of drug-likeness (QED) is 0.810. The van der Waals surface area contributed by atoms with Crippen molar-refractivity contribution in [3.8, 4) is 11.5 Å². The van der Waals surface area contributed by atoms with E-state index in [1.165, 1.54) is 0 Å². The predicted molar refractivity (Wildman–Crippen MR) is 53.9 cm³/mol. The van der Waals surface area contributed by atoms with Crippen molar-refractivity contribution >= 4 is 0 Å². The number of hydrogen-bond acceptors (Lipinski definition) is 3. The van der Waals surface area contributed by atoms with Gasteiger partial charge >= 0.3 is 0 Å². The summed E-state index contributed by atoms with van der Waals surface area (Å²) in [5.74, 6) is 2.45. The lowest BCUT2D eigenvalue weighted by molar-refractivity contribution is 0.505. The van der Waals surface area contributed by atoms with E-state index < -0.39 is 0 Å². The molecule has 74 valence electrons. The third kappa shape index (κ3) is 1.59. The first-order valence-electron chi connectivity index (χ1n) is 4.64. The molecule has 0 spiro atoms. The Bertz CT molecular complexity index is 414. The topological polar surface area (TPSA) is 52.3 Å². The van der Waals surface area contributed by atoms with Gasteiger partial charge in [-0.2, -0.15) is 0 Å². The van der Waals surface area contributed by atoms with Crippen molar-refractivity contribution < 1.29 is 8.83 Å². The summed E-state index contributed by atoms with van der Waals surface area (Å²) in [7, 11) is 0. The number of aryl methyl sites for hydroxylation is 1. The molecule has 0 atom stereocenters. The van der Waals surface area contributed by atoms with E-state index in [0.717, 1.165) is 29.3 Å². The zero-order valence-electron chi connectivity index (χ0n) is 8.12. The molecule has 14 heavy (non-hydrogen) atoms. The van der Waals surface area contributed by atoms with E-state index in [0.29, 0.717) is 6.54 Å². The van der Waals surface area contributed by atoms with E-state index in [4.69, 9.17) is 14.6 Å². The van der Waals surface area contributed by atoms with Gasteiger partial charge in [-0.1, -0.05) is 0 Å². The molecule has 0 aliphatic carbocycles. The van der Waals surface area contributed by atoms with Crippen molar-refractivity contribution in [1.29, 1.82) is 0 Å². The van der Waals surface area contributed by atoms with Gasteiger partial charge in [-0.3, -0.25) is 0 Å². The lowest BCUT2D eigenvalue weighted by atomic mass is 10.1. The molecule has 3 nitrogen and oxygen atoms in total. The second kappa shape index (κ2) is 3.72. The maximum atomic E-state index is 5.50. The monoisotopic (exact) mass is 191 g/mol. The number of hydrogen-bond donors (Lipinski definition) is 1. The van der Waals surface area contributed by atoms with Crippen molar-refractivity contribution in [3.63, 3.8) is 0 Å². The molecule has 0 aliphatic rings. The van der Waals surface area contributed by atoms with Crippen LogP contribution in [0, 0.1) is 6.92 Å². The Kier molecular flexibility index (Phi) is 2.41. The second-order valence-electron chi connectivity index (χ2n) is 3.22. The molecule has 0 aromatic carbocycles. The lowest BCUT2D eigenvalue weighted by Crippen LogP contribution is -2.02. The lowest BCUT2D eigenvalue weighted by Gasteiger charge is -1.96. The highest BCUT2D eigenvalue weighted by Gasteiger charge is 2.11. The van der Waals surface area contributed by atoms with Crippen LogP contribution < -0.4 is 5.73 Å². The van der Waals surface area contributed by atoms with Crippen LogP contribution in [-0.2, 0) is 6.42 Å². The molecule has 0 amide bonds. The molecule has 0 bridgehead atoms. The summed E-state index contributed by atoms with van der Waals surface area (Å²) >= 11 is 0. The van der Waals surface area contributed by atoms with Crippen molar-refractivity contribution in [3.05, 3.63) is 35.8 Å². The summed E-state index contributed by atoms with van der Waals surface area (Å²) in [4.78, 5) is 0. The van der Waals surface area contributed by atoms with E-state index >= 15 is 0 Å². The van der Waals surface area contributed by atoms with Gasteiger partial charge in [0.1, 0.15) is 5.76 Å². The largest absolute Gasteiger partial charge is 0.461 e. The van der Waals surface area contributed by atoms with Crippen LogP contribution in [0.2, 0.25) is 0 Å². The van der Waals surface area contributed by atoms with Crippen LogP contribution in [0.25, 0.3) is 11.5 Å². The summed E-state index contributed by atoms with van der Waals surface area (Å²) < 4.78 is 10.8. The predicted octanol–water partition coefficient (Wildman–Crippen LogP) is 2.35. The minimum absolute atomic E-state index is 0.617. The Morgan fingerprint density at radius 1 is 1.29 bits per heavy atom. The molecule has 2 aromatic heterocycles. The Balaban J connectivity index is 2.36. The molecule has 0 saturated carbocycles. The molecule has 0 saturated heterocycles. The summed E-state index contributed by atoms with van der Waals surface area (Å²) in [6.07, 6.45) is 2.48. The fraction of sp³-hybridized carbons (Fsp3) is 0.273. The zero-order chi connectivity index (χ0) is 9.97. The molecule has 2 rings (SSSR count). The highest BCUT2D eigenvalue weighted by molar-refractivity contribution is 5.55. The maximum absolute atomic E-state index is 5.50. The SMILES string of the molecule is Cc1ccc(-c2occc2CCN)o1.